The molecule has 2 heterocycles. The van der Waals surface area contributed by atoms with Crippen molar-refractivity contribution < 1.29 is 19.1 Å². The van der Waals surface area contributed by atoms with Crippen molar-refractivity contribution in [2.45, 2.75) is 39.3 Å². The molecule has 2 aromatic carbocycles. The highest BCUT2D eigenvalue weighted by molar-refractivity contribution is 6.11. The number of para-hydroxylation sites is 1. The number of aryl methyl sites for hydroxylation is 1. The van der Waals surface area contributed by atoms with Crippen LogP contribution in [0.1, 0.15) is 39.8 Å². The second-order valence-electron chi connectivity index (χ2n) is 8.92. The van der Waals surface area contributed by atoms with Gasteiger partial charge in [-0.25, -0.2) is 4.79 Å². The number of aromatic nitrogens is 1. The van der Waals surface area contributed by atoms with Crippen LogP contribution >= 0.6 is 0 Å². The van der Waals surface area contributed by atoms with Crippen molar-refractivity contribution >= 4 is 17.7 Å². The van der Waals surface area contributed by atoms with Crippen molar-refractivity contribution in [3.63, 3.8) is 0 Å². The number of Topliss-reactive ketones (excluding diaryl/α,β-unsaturated/α-hetero) is 1. The molecule has 7 heteroatoms. The third-order valence-electron chi connectivity index (χ3n) is 6.44. The Balaban J connectivity index is 1.52. The highest BCUT2D eigenvalue weighted by Crippen LogP contribution is 2.28. The molecular weight excluding hydrogens is 430 g/mol. The number of carbonyl (C=O) groups excluding carboxylic acids is 3. The summed E-state index contributed by atoms with van der Waals surface area (Å²) < 4.78 is 7.46. The third-order valence-corrected chi connectivity index (χ3v) is 6.44. The van der Waals surface area contributed by atoms with Gasteiger partial charge in [0.05, 0.1) is 13.7 Å². The summed E-state index contributed by atoms with van der Waals surface area (Å²) in [6.07, 6.45) is 0.262. The minimum absolute atomic E-state index is 0.262. The molecule has 1 saturated heterocycles. The Hall–Kier alpha value is -3.87. The average molecular weight is 460 g/mol. The maximum atomic E-state index is 13.3. The summed E-state index contributed by atoms with van der Waals surface area (Å²) in [6.45, 7) is 5.86. The second kappa shape index (κ2) is 9.17. The largest absolute Gasteiger partial charge is 0.496 e. The summed E-state index contributed by atoms with van der Waals surface area (Å²) >= 11 is 0. The topological polar surface area (TPSA) is 80.6 Å². The number of amides is 3. The van der Waals surface area contributed by atoms with Gasteiger partial charge in [0, 0.05) is 29.9 Å². The van der Waals surface area contributed by atoms with Crippen LogP contribution in [0.5, 0.6) is 5.75 Å². The number of ketones is 1. The molecule has 0 radical (unpaired) electrons. The molecule has 176 valence electrons. The van der Waals surface area contributed by atoms with E-state index in [9.17, 15) is 14.4 Å². The van der Waals surface area contributed by atoms with Crippen molar-refractivity contribution in [3.8, 4) is 5.75 Å². The number of hydrogen-bond donors (Lipinski definition) is 1. The molecule has 3 amide bonds. The van der Waals surface area contributed by atoms with Crippen LogP contribution in [0.15, 0.2) is 60.7 Å². The van der Waals surface area contributed by atoms with E-state index in [-0.39, 0.29) is 18.7 Å². The van der Waals surface area contributed by atoms with Crippen LogP contribution in [-0.2, 0) is 17.8 Å². The van der Waals surface area contributed by atoms with E-state index in [0.29, 0.717) is 17.9 Å². The monoisotopic (exact) mass is 459 g/mol. The molecule has 1 atom stereocenters. The fraction of sp³-hybridized carbons (Fsp3) is 0.296. The molecule has 4 rings (SSSR count). The molecule has 1 aromatic heterocycles. The number of nitrogens with one attached hydrogen (secondary N) is 1. The minimum Gasteiger partial charge on any atom is -0.496 e. The van der Waals surface area contributed by atoms with Gasteiger partial charge in [0.2, 0.25) is 0 Å². The molecule has 34 heavy (non-hydrogen) atoms. The highest BCUT2D eigenvalue weighted by Gasteiger charge is 2.48. The standard InChI is InChI=1S/C27H29N3O4/c1-18-14-22(19(2)29(18)16-20-10-6-5-7-11-20)23(31)17-30-25(32)27(3,28-26(30)33)15-21-12-8-9-13-24(21)34-4/h5-14H,15-17H2,1-4H3,(H,28,33). The fourth-order valence-corrected chi connectivity index (χ4v) is 4.56. The van der Waals surface area contributed by atoms with Crippen LogP contribution in [0.25, 0.3) is 0 Å². The zero-order valence-corrected chi connectivity index (χ0v) is 19.9. The first-order valence-electron chi connectivity index (χ1n) is 11.2. The van der Waals surface area contributed by atoms with E-state index in [1.54, 1.807) is 14.0 Å². The Bertz CT molecular complexity index is 1250. The van der Waals surface area contributed by atoms with Crippen LogP contribution in [0.3, 0.4) is 0 Å². The van der Waals surface area contributed by atoms with Gasteiger partial charge < -0.3 is 14.6 Å². The van der Waals surface area contributed by atoms with Crippen LogP contribution in [0, 0.1) is 13.8 Å². The number of ether oxygens (including phenoxy) is 1. The third kappa shape index (κ3) is 4.33. The lowest BCUT2D eigenvalue weighted by Crippen LogP contribution is -2.46. The summed E-state index contributed by atoms with van der Waals surface area (Å²) in [7, 11) is 1.56. The van der Waals surface area contributed by atoms with Gasteiger partial charge in [-0.05, 0) is 44.0 Å². The summed E-state index contributed by atoms with van der Waals surface area (Å²) in [5, 5.41) is 2.78. The first kappa shape index (κ1) is 23.3. The Morgan fingerprint density at radius 1 is 1.03 bits per heavy atom. The Kier molecular flexibility index (Phi) is 6.28. The summed E-state index contributed by atoms with van der Waals surface area (Å²) in [4.78, 5) is 40.2. The minimum atomic E-state index is -1.16. The predicted molar refractivity (Wildman–Crippen MR) is 129 cm³/mol. The van der Waals surface area contributed by atoms with Gasteiger partial charge in [-0.3, -0.25) is 14.5 Å². The Labute approximate surface area is 199 Å². The molecule has 1 fully saturated rings. The van der Waals surface area contributed by atoms with E-state index in [2.05, 4.69) is 9.88 Å². The zero-order chi connectivity index (χ0) is 24.5. The average Bonchev–Trinajstić information content (AvgIpc) is 3.22. The molecule has 1 unspecified atom stereocenters. The maximum Gasteiger partial charge on any atom is 0.325 e. The molecule has 1 aliphatic heterocycles. The summed E-state index contributed by atoms with van der Waals surface area (Å²) in [5.41, 5.74) is 3.06. The van der Waals surface area contributed by atoms with E-state index < -0.39 is 17.5 Å². The first-order valence-corrected chi connectivity index (χ1v) is 11.2. The SMILES string of the molecule is COc1ccccc1CC1(C)NC(=O)N(CC(=O)c2cc(C)n(Cc3ccccc3)c2C)C1=O. The van der Waals surface area contributed by atoms with Gasteiger partial charge >= 0.3 is 6.03 Å². The van der Waals surface area contributed by atoms with Crippen molar-refractivity contribution in [1.29, 1.82) is 0 Å². The number of benzene rings is 2. The van der Waals surface area contributed by atoms with Crippen LogP contribution < -0.4 is 10.1 Å². The lowest BCUT2D eigenvalue weighted by molar-refractivity contribution is -0.130. The molecule has 1 N–H and O–H groups in total. The highest BCUT2D eigenvalue weighted by atomic mass is 16.5. The van der Waals surface area contributed by atoms with Gasteiger partial charge in [-0.2, -0.15) is 0 Å². The molecule has 0 aliphatic carbocycles. The maximum absolute atomic E-state index is 13.3. The van der Waals surface area contributed by atoms with Crippen LogP contribution in [0.2, 0.25) is 0 Å². The molecule has 0 spiro atoms. The summed E-state index contributed by atoms with van der Waals surface area (Å²) in [6, 6.07) is 18.6. The van der Waals surface area contributed by atoms with Crippen molar-refractivity contribution in [2.75, 3.05) is 13.7 Å². The summed E-state index contributed by atoms with van der Waals surface area (Å²) in [5.74, 6) is -0.0431. The lowest BCUT2D eigenvalue weighted by atomic mass is 9.92. The normalized spacial score (nSPS) is 17.7. The number of hydrogen-bond acceptors (Lipinski definition) is 4. The van der Waals surface area contributed by atoms with E-state index in [4.69, 9.17) is 4.74 Å². The van der Waals surface area contributed by atoms with Gasteiger partial charge in [0.15, 0.2) is 5.78 Å². The lowest BCUT2D eigenvalue weighted by Gasteiger charge is -2.22. The zero-order valence-electron chi connectivity index (χ0n) is 19.9. The number of nitrogens with zero attached hydrogens (tertiary/aromatic N) is 2. The number of carbonyl (C=O) groups is 3. The Morgan fingerprint density at radius 3 is 2.41 bits per heavy atom. The quantitative estimate of drug-likeness (QED) is 0.409. The Morgan fingerprint density at radius 2 is 1.71 bits per heavy atom. The van der Waals surface area contributed by atoms with E-state index in [0.717, 1.165) is 27.4 Å². The molecule has 1 aliphatic rings. The van der Waals surface area contributed by atoms with Crippen molar-refractivity contribution in [1.82, 2.24) is 14.8 Å². The van der Waals surface area contributed by atoms with Crippen LogP contribution in [-0.4, -0.2) is 46.4 Å². The van der Waals surface area contributed by atoms with Crippen molar-refractivity contribution in [3.05, 3.63) is 88.7 Å². The van der Waals surface area contributed by atoms with Gasteiger partial charge in [-0.1, -0.05) is 48.5 Å². The van der Waals surface area contributed by atoms with Crippen LogP contribution in [0.4, 0.5) is 4.79 Å². The molecule has 7 nitrogen and oxygen atoms in total. The molecule has 3 aromatic rings. The van der Waals surface area contributed by atoms with E-state index >= 15 is 0 Å². The molecular formula is C27H29N3O4. The number of methoxy groups -OCH3 is 1. The second-order valence-corrected chi connectivity index (χ2v) is 8.92. The first-order chi connectivity index (χ1) is 16.2. The smallest absolute Gasteiger partial charge is 0.325 e. The predicted octanol–water partition coefficient (Wildman–Crippen LogP) is 3.90. The van der Waals surface area contributed by atoms with Gasteiger partial charge in [-0.15, -0.1) is 0 Å². The fourth-order valence-electron chi connectivity index (χ4n) is 4.56. The van der Waals surface area contributed by atoms with E-state index in [1.807, 2.05) is 74.5 Å². The number of urea groups is 1. The number of rotatable bonds is 8. The van der Waals surface area contributed by atoms with Crippen molar-refractivity contribution in [2.24, 2.45) is 0 Å². The molecule has 0 bridgehead atoms. The molecule has 0 saturated carbocycles. The van der Waals surface area contributed by atoms with Gasteiger partial charge in [0.1, 0.15) is 11.3 Å². The van der Waals surface area contributed by atoms with E-state index in [1.165, 1.54) is 0 Å². The van der Waals surface area contributed by atoms with Gasteiger partial charge in [0.25, 0.3) is 5.91 Å². The number of imide groups is 1.